The molecule has 0 aliphatic carbocycles. The minimum atomic E-state index is -3.10. The Balaban J connectivity index is 0.000000128. The molecule has 2 saturated heterocycles. The third-order valence-corrected chi connectivity index (χ3v) is 15.1. The van der Waals surface area contributed by atoms with Gasteiger partial charge in [-0.3, -0.25) is 0 Å². The molecule has 12 aromatic rings. The van der Waals surface area contributed by atoms with Gasteiger partial charge in [-0.25, -0.2) is 76.2 Å². The number of hydrogen-bond acceptors (Lipinski definition) is 22. The van der Waals surface area contributed by atoms with Crippen LogP contribution in [0, 0.1) is 23.3 Å². The predicted molar refractivity (Wildman–Crippen MR) is 343 cm³/mol. The van der Waals surface area contributed by atoms with Crippen LogP contribution in [0.5, 0.6) is 11.5 Å². The van der Waals surface area contributed by atoms with Gasteiger partial charge in [0.1, 0.15) is 83.0 Å². The number of benzene rings is 4. The third kappa shape index (κ3) is 13.4. The number of fused-ring (bicyclic) bond motifs is 4. The van der Waals surface area contributed by atoms with Crippen LogP contribution in [0.4, 0.5) is 61.0 Å². The quantitative estimate of drug-likeness (QED) is 0.102. The van der Waals surface area contributed by atoms with Gasteiger partial charge in [0, 0.05) is 90.7 Å². The fraction of sp³-hybridized carbons (Fsp3) is 0.290. The summed E-state index contributed by atoms with van der Waals surface area (Å²) in [6, 6.07) is 18.7. The molecule has 10 heterocycles. The number of rotatable bonds is 11. The molecule has 0 amide bonds. The van der Waals surface area contributed by atoms with E-state index in [0.717, 1.165) is 29.0 Å². The van der Waals surface area contributed by atoms with Gasteiger partial charge in [0.25, 0.3) is 0 Å². The standard InChI is InChI=1S/C18H21FN6O.C16H17FN6O.C15H16FN5O.C13H10F3N5O/c1-23(2)17-15-16(22-24(3)18(15)21-11-20-17)12-4-5-14(13(19)10-12)25-6-8-26-9-7-25;1-22-16-13(15(18)19-9-20-16)14(21-22)10-2-3-12(11(17)8-10)23-4-6-24-7-5-23;1-8(2)22-11-5-4-9(6-10(11)16)13-12-14(17)18-7-19-15(12)21(3)20-13;1-21-12-9(11(17)18-5-19-12)10(20-21)6-2-3-8(7(14)4-6)22-13(15)16/h4-5,10-11H,6-9H2,1-3H3;2-3,8-9H,4-7H2,1H3,(H2,18,19,20);4-8H,1-3H3,(H2,17,18,19);2-5,13H,1H3,(H2,17,18,19). The second-order valence-corrected chi connectivity index (χ2v) is 21.9. The molecule has 2 aliphatic heterocycles. The number of aromatic nitrogens is 16. The fourth-order valence-electron chi connectivity index (χ4n) is 10.8. The molecule has 0 saturated carbocycles. The van der Waals surface area contributed by atoms with Crippen molar-refractivity contribution in [2.45, 2.75) is 26.6 Å². The van der Waals surface area contributed by atoms with Crippen molar-refractivity contribution in [3.63, 3.8) is 0 Å². The molecule has 32 heteroatoms. The van der Waals surface area contributed by atoms with E-state index in [1.807, 2.05) is 67.9 Å². The summed E-state index contributed by atoms with van der Waals surface area (Å²) in [6.07, 6.45) is 5.49. The number of aryl methyl sites for hydroxylation is 4. The average Bonchev–Trinajstić information content (AvgIpc) is 1.84. The molecule has 94 heavy (non-hydrogen) atoms. The Kier molecular flexibility index (Phi) is 18.8. The van der Waals surface area contributed by atoms with E-state index >= 15 is 0 Å². The molecule has 0 unspecified atom stereocenters. The molecule has 8 aromatic heterocycles. The molecular formula is C62H64F6N22O4. The van der Waals surface area contributed by atoms with E-state index in [1.54, 1.807) is 59.5 Å². The van der Waals surface area contributed by atoms with Crippen LogP contribution in [0.2, 0.25) is 0 Å². The van der Waals surface area contributed by atoms with E-state index in [-0.39, 0.29) is 29.3 Å². The van der Waals surface area contributed by atoms with Gasteiger partial charge in [-0.05, 0) is 74.5 Å². The lowest BCUT2D eigenvalue weighted by Crippen LogP contribution is -2.36. The molecule has 26 nitrogen and oxygen atoms in total. The van der Waals surface area contributed by atoms with Crippen LogP contribution in [0.3, 0.4) is 0 Å². The van der Waals surface area contributed by atoms with E-state index in [2.05, 4.69) is 65.0 Å². The predicted octanol–water partition coefficient (Wildman–Crippen LogP) is 8.55. The van der Waals surface area contributed by atoms with Crippen molar-refractivity contribution in [2.75, 3.05) is 98.6 Å². The van der Waals surface area contributed by atoms with E-state index in [9.17, 15) is 26.3 Å². The summed E-state index contributed by atoms with van der Waals surface area (Å²) in [5.74, 6) is -0.636. The first-order valence-corrected chi connectivity index (χ1v) is 29.3. The number of nitrogens with two attached hydrogens (primary N) is 3. The fourth-order valence-corrected chi connectivity index (χ4v) is 10.8. The minimum Gasteiger partial charge on any atom is -0.488 e. The summed E-state index contributed by atoms with van der Waals surface area (Å²) < 4.78 is 108. The smallest absolute Gasteiger partial charge is 0.387 e. The number of alkyl halides is 2. The highest BCUT2D eigenvalue weighted by molar-refractivity contribution is 6.01. The molecule has 2 aliphatic rings. The molecule has 14 rings (SSSR count). The minimum absolute atomic E-state index is 0.0972. The highest BCUT2D eigenvalue weighted by Gasteiger charge is 2.25. The Bertz CT molecular complexity index is 4580. The molecule has 0 bridgehead atoms. The molecule has 2 fully saturated rings. The monoisotopic (exact) mass is 1290 g/mol. The Morgan fingerprint density at radius 3 is 1.09 bits per heavy atom. The van der Waals surface area contributed by atoms with Crippen LogP contribution < -0.4 is 41.4 Å². The van der Waals surface area contributed by atoms with Gasteiger partial charge >= 0.3 is 6.61 Å². The van der Waals surface area contributed by atoms with E-state index < -0.39 is 24.0 Å². The highest BCUT2D eigenvalue weighted by Crippen LogP contribution is 2.38. The van der Waals surface area contributed by atoms with Crippen molar-refractivity contribution in [3.8, 4) is 56.5 Å². The average molecular weight is 1300 g/mol. The van der Waals surface area contributed by atoms with Crippen LogP contribution >= 0.6 is 0 Å². The first kappa shape index (κ1) is 64.5. The Labute approximate surface area is 532 Å². The topological polar surface area (TPSA) is 299 Å². The van der Waals surface area contributed by atoms with Crippen LogP contribution in [0.25, 0.3) is 89.2 Å². The van der Waals surface area contributed by atoms with Gasteiger partial charge in [0.15, 0.2) is 45.7 Å². The first-order valence-electron chi connectivity index (χ1n) is 29.3. The lowest BCUT2D eigenvalue weighted by atomic mass is 10.1. The van der Waals surface area contributed by atoms with Gasteiger partial charge in [0.05, 0.1) is 65.5 Å². The number of halogens is 6. The molecular weight excluding hydrogens is 1230 g/mol. The molecule has 4 aromatic carbocycles. The van der Waals surface area contributed by atoms with Crippen molar-refractivity contribution in [1.82, 2.24) is 79.0 Å². The molecule has 488 valence electrons. The summed E-state index contributed by atoms with van der Waals surface area (Å²) in [7, 11) is 10.8. The summed E-state index contributed by atoms with van der Waals surface area (Å²) in [4.78, 5) is 38.9. The van der Waals surface area contributed by atoms with Crippen molar-refractivity contribution < 1.29 is 45.3 Å². The van der Waals surface area contributed by atoms with Crippen LogP contribution in [-0.4, -0.2) is 158 Å². The lowest BCUT2D eigenvalue weighted by molar-refractivity contribution is -0.0521. The summed E-state index contributed by atoms with van der Waals surface area (Å²) >= 11 is 0. The van der Waals surface area contributed by atoms with E-state index in [1.165, 1.54) is 48.2 Å². The lowest BCUT2D eigenvalue weighted by Gasteiger charge is -2.29. The van der Waals surface area contributed by atoms with Crippen LogP contribution in [0.15, 0.2) is 98.1 Å². The third-order valence-electron chi connectivity index (χ3n) is 15.1. The molecule has 0 radical (unpaired) electrons. The SMILES string of the molecule is CC(C)Oc1ccc(-c2nn(C)c3ncnc(N)c23)cc1F.CN(C)c1ncnc2c1c(-c1ccc(N3CCOCC3)c(F)c1)nn2C.Cn1nc(-c2ccc(N3CCOCC3)c(F)c2)c2c(N)ncnc21.Cn1nc(-c2ccc(OC(F)F)c(F)c2)c2c(N)ncnc21. The summed E-state index contributed by atoms with van der Waals surface area (Å²) in [5.41, 5.74) is 25.8. The van der Waals surface area contributed by atoms with Crippen molar-refractivity contribution in [2.24, 2.45) is 28.2 Å². The zero-order valence-corrected chi connectivity index (χ0v) is 52.2. The zero-order chi connectivity index (χ0) is 66.6. The summed E-state index contributed by atoms with van der Waals surface area (Å²) in [5, 5.41) is 20.2. The molecule has 0 spiro atoms. The van der Waals surface area contributed by atoms with Gasteiger partial charge in [-0.2, -0.15) is 29.2 Å². The maximum atomic E-state index is 14.8. The Morgan fingerprint density at radius 2 is 0.755 bits per heavy atom. The van der Waals surface area contributed by atoms with Crippen molar-refractivity contribution in [3.05, 3.63) is 121 Å². The van der Waals surface area contributed by atoms with E-state index in [4.69, 9.17) is 31.4 Å². The van der Waals surface area contributed by atoms with Crippen molar-refractivity contribution in [1.29, 1.82) is 0 Å². The summed E-state index contributed by atoms with van der Waals surface area (Å²) in [6.45, 7) is 5.82. The van der Waals surface area contributed by atoms with Gasteiger partial charge in [-0.15, -0.1) is 0 Å². The maximum absolute atomic E-state index is 14.8. The second-order valence-electron chi connectivity index (χ2n) is 21.9. The maximum Gasteiger partial charge on any atom is 0.387 e. The Hall–Kier alpha value is -11.0. The number of morpholine rings is 2. The zero-order valence-electron chi connectivity index (χ0n) is 52.2. The Morgan fingerprint density at radius 1 is 0.436 bits per heavy atom. The number of ether oxygens (including phenoxy) is 4. The van der Waals surface area contributed by atoms with Gasteiger partial charge < -0.3 is 50.8 Å². The van der Waals surface area contributed by atoms with Crippen LogP contribution in [-0.2, 0) is 37.7 Å². The van der Waals surface area contributed by atoms with Crippen LogP contribution in [0.1, 0.15) is 13.8 Å². The number of hydrogen-bond donors (Lipinski definition) is 3. The second kappa shape index (κ2) is 27.4. The molecule has 0 atom stereocenters. The first-order chi connectivity index (χ1) is 45.1. The largest absolute Gasteiger partial charge is 0.488 e. The van der Waals surface area contributed by atoms with Gasteiger partial charge in [-0.1, -0.05) is 12.1 Å². The molecule has 6 N–H and O–H groups in total. The number of anilines is 6. The number of nitrogen functional groups attached to an aromatic ring is 3. The van der Waals surface area contributed by atoms with Crippen molar-refractivity contribution >= 4 is 78.8 Å². The number of nitrogens with zero attached hydrogens (tertiary/aromatic N) is 19. The highest BCUT2D eigenvalue weighted by atomic mass is 19.3. The van der Waals surface area contributed by atoms with Gasteiger partial charge in [0.2, 0.25) is 0 Å². The normalized spacial score (nSPS) is 13.3. The van der Waals surface area contributed by atoms with E-state index in [0.29, 0.717) is 154 Å².